The van der Waals surface area contributed by atoms with Gasteiger partial charge in [0.25, 0.3) is 0 Å². The second-order valence-corrected chi connectivity index (χ2v) is 3.92. The molecule has 74 valence electrons. The fourth-order valence-corrected chi connectivity index (χ4v) is 2.36. The van der Waals surface area contributed by atoms with Crippen LogP contribution in [-0.4, -0.2) is 6.41 Å². The van der Waals surface area contributed by atoms with Crippen molar-refractivity contribution in [1.29, 1.82) is 0 Å². The van der Waals surface area contributed by atoms with E-state index in [0.29, 0.717) is 0 Å². The third-order valence-electron chi connectivity index (χ3n) is 3.12. The summed E-state index contributed by atoms with van der Waals surface area (Å²) in [5, 5.41) is 2.99. The highest BCUT2D eigenvalue weighted by Crippen LogP contribution is 2.38. The Kier molecular flexibility index (Phi) is 2.53. The average molecular weight is 189 g/mol. The molecule has 0 atom stereocenters. The summed E-state index contributed by atoms with van der Waals surface area (Å²) in [4.78, 5) is 10.6. The van der Waals surface area contributed by atoms with E-state index in [0.717, 1.165) is 19.3 Å². The lowest BCUT2D eigenvalue weighted by molar-refractivity contribution is -0.111. The molecule has 0 spiro atoms. The van der Waals surface area contributed by atoms with Crippen molar-refractivity contribution in [2.45, 2.75) is 31.2 Å². The molecule has 0 saturated heterocycles. The second-order valence-electron chi connectivity index (χ2n) is 3.92. The monoisotopic (exact) mass is 189 g/mol. The van der Waals surface area contributed by atoms with Gasteiger partial charge in [-0.2, -0.15) is 0 Å². The molecular weight excluding hydrogens is 174 g/mol. The topological polar surface area (TPSA) is 29.1 Å². The van der Waals surface area contributed by atoms with Gasteiger partial charge in [0.15, 0.2) is 0 Å². The van der Waals surface area contributed by atoms with Crippen LogP contribution in [0.3, 0.4) is 0 Å². The fourth-order valence-electron chi connectivity index (χ4n) is 2.36. The van der Waals surface area contributed by atoms with Gasteiger partial charge in [0, 0.05) is 0 Å². The third-order valence-corrected chi connectivity index (χ3v) is 3.12. The molecule has 1 aliphatic rings. The standard InChI is InChI=1S/C12H15NO/c14-10-13-12(8-4-5-9-12)11-6-2-1-3-7-11/h1-3,6-7,10H,4-5,8-9H2,(H,13,14). The number of benzene rings is 1. The Bertz CT molecular complexity index is 301. The van der Waals surface area contributed by atoms with Crippen LogP contribution in [-0.2, 0) is 10.3 Å². The van der Waals surface area contributed by atoms with Crippen molar-refractivity contribution in [1.82, 2.24) is 5.32 Å². The van der Waals surface area contributed by atoms with Gasteiger partial charge in [-0.1, -0.05) is 43.2 Å². The zero-order valence-corrected chi connectivity index (χ0v) is 8.20. The van der Waals surface area contributed by atoms with Gasteiger partial charge in [-0.25, -0.2) is 0 Å². The molecule has 0 bridgehead atoms. The Balaban J connectivity index is 2.31. The molecule has 0 aromatic heterocycles. The highest BCUT2D eigenvalue weighted by molar-refractivity contribution is 5.50. The van der Waals surface area contributed by atoms with Gasteiger partial charge in [-0.3, -0.25) is 4.79 Å². The summed E-state index contributed by atoms with van der Waals surface area (Å²) in [5.74, 6) is 0. The molecule has 14 heavy (non-hydrogen) atoms. The second kappa shape index (κ2) is 3.82. The van der Waals surface area contributed by atoms with E-state index in [1.54, 1.807) is 0 Å². The molecule has 2 heteroatoms. The first kappa shape index (κ1) is 9.25. The molecule has 0 aliphatic heterocycles. The maximum atomic E-state index is 10.6. The molecule has 0 heterocycles. The first-order valence-electron chi connectivity index (χ1n) is 5.14. The Morgan fingerprint density at radius 1 is 1.14 bits per heavy atom. The maximum absolute atomic E-state index is 10.6. The summed E-state index contributed by atoms with van der Waals surface area (Å²) in [5.41, 5.74) is 1.16. The van der Waals surface area contributed by atoms with Crippen molar-refractivity contribution in [2.75, 3.05) is 0 Å². The molecule has 1 fully saturated rings. The van der Waals surface area contributed by atoms with E-state index in [1.807, 2.05) is 18.2 Å². The van der Waals surface area contributed by atoms with Crippen LogP contribution in [0.1, 0.15) is 31.2 Å². The molecule has 1 aromatic carbocycles. The van der Waals surface area contributed by atoms with E-state index >= 15 is 0 Å². The number of hydrogen-bond donors (Lipinski definition) is 1. The SMILES string of the molecule is O=CNC1(c2ccccc2)CCCC1. The fraction of sp³-hybridized carbons (Fsp3) is 0.417. The van der Waals surface area contributed by atoms with Gasteiger partial charge < -0.3 is 5.32 Å². The van der Waals surface area contributed by atoms with E-state index in [2.05, 4.69) is 17.4 Å². The van der Waals surface area contributed by atoms with Crippen molar-refractivity contribution in [2.24, 2.45) is 0 Å². The summed E-state index contributed by atoms with van der Waals surface area (Å²) in [6, 6.07) is 10.3. The van der Waals surface area contributed by atoms with Crippen LogP contribution in [0.4, 0.5) is 0 Å². The zero-order chi connectivity index (χ0) is 9.86. The Morgan fingerprint density at radius 3 is 2.36 bits per heavy atom. The average Bonchev–Trinajstić information content (AvgIpc) is 2.70. The largest absolute Gasteiger partial charge is 0.349 e. The summed E-state index contributed by atoms with van der Waals surface area (Å²) < 4.78 is 0. The van der Waals surface area contributed by atoms with Crippen LogP contribution in [0.25, 0.3) is 0 Å². The maximum Gasteiger partial charge on any atom is 0.207 e. The molecule has 0 unspecified atom stereocenters. The minimum Gasteiger partial charge on any atom is -0.349 e. The third kappa shape index (κ3) is 1.52. The van der Waals surface area contributed by atoms with Gasteiger partial charge in [-0.05, 0) is 18.4 Å². The molecule has 1 aliphatic carbocycles. The number of carbonyl (C=O) groups excluding carboxylic acids is 1. The first-order chi connectivity index (χ1) is 6.87. The summed E-state index contributed by atoms with van der Waals surface area (Å²) in [6.07, 6.45) is 5.37. The summed E-state index contributed by atoms with van der Waals surface area (Å²) in [7, 11) is 0. The number of carbonyl (C=O) groups is 1. The first-order valence-corrected chi connectivity index (χ1v) is 5.14. The van der Waals surface area contributed by atoms with Crippen LogP contribution < -0.4 is 5.32 Å². The van der Waals surface area contributed by atoms with Crippen LogP contribution >= 0.6 is 0 Å². The van der Waals surface area contributed by atoms with E-state index in [4.69, 9.17) is 0 Å². The molecular formula is C12H15NO. The highest BCUT2D eigenvalue weighted by Gasteiger charge is 2.34. The van der Waals surface area contributed by atoms with Gasteiger partial charge >= 0.3 is 0 Å². The normalized spacial score (nSPS) is 19.1. The molecule has 0 radical (unpaired) electrons. The smallest absolute Gasteiger partial charge is 0.207 e. The predicted octanol–water partition coefficient (Wildman–Crippen LogP) is 2.20. The summed E-state index contributed by atoms with van der Waals surface area (Å²) in [6.45, 7) is 0. The van der Waals surface area contributed by atoms with Crippen LogP contribution in [0.2, 0.25) is 0 Å². The number of rotatable bonds is 3. The van der Waals surface area contributed by atoms with E-state index in [-0.39, 0.29) is 5.54 Å². The molecule has 1 amide bonds. The van der Waals surface area contributed by atoms with Gasteiger partial charge in [0.2, 0.25) is 6.41 Å². The van der Waals surface area contributed by atoms with Gasteiger partial charge in [0.1, 0.15) is 0 Å². The van der Waals surface area contributed by atoms with Crippen LogP contribution in [0.15, 0.2) is 30.3 Å². The van der Waals surface area contributed by atoms with Crippen LogP contribution in [0, 0.1) is 0 Å². The van der Waals surface area contributed by atoms with E-state index in [1.165, 1.54) is 18.4 Å². The van der Waals surface area contributed by atoms with Crippen molar-refractivity contribution in [3.05, 3.63) is 35.9 Å². The van der Waals surface area contributed by atoms with Crippen molar-refractivity contribution < 1.29 is 4.79 Å². The molecule has 2 rings (SSSR count). The predicted molar refractivity (Wildman–Crippen MR) is 55.8 cm³/mol. The van der Waals surface area contributed by atoms with Crippen molar-refractivity contribution in [3.8, 4) is 0 Å². The Morgan fingerprint density at radius 2 is 1.79 bits per heavy atom. The van der Waals surface area contributed by atoms with Crippen molar-refractivity contribution >= 4 is 6.41 Å². The lowest BCUT2D eigenvalue weighted by Crippen LogP contribution is -2.38. The van der Waals surface area contributed by atoms with E-state index in [9.17, 15) is 4.79 Å². The summed E-state index contributed by atoms with van der Waals surface area (Å²) >= 11 is 0. The lowest BCUT2D eigenvalue weighted by Gasteiger charge is -2.28. The molecule has 1 N–H and O–H groups in total. The van der Waals surface area contributed by atoms with E-state index < -0.39 is 0 Å². The zero-order valence-electron chi connectivity index (χ0n) is 8.20. The molecule has 1 aromatic rings. The number of amides is 1. The number of nitrogens with one attached hydrogen (secondary N) is 1. The Labute approximate surface area is 84.3 Å². The Hall–Kier alpha value is -1.31. The minimum absolute atomic E-state index is 0.0803. The highest BCUT2D eigenvalue weighted by atomic mass is 16.1. The molecule has 1 saturated carbocycles. The quantitative estimate of drug-likeness (QED) is 0.726. The van der Waals surface area contributed by atoms with Crippen LogP contribution in [0.5, 0.6) is 0 Å². The molecule has 2 nitrogen and oxygen atoms in total. The van der Waals surface area contributed by atoms with Gasteiger partial charge in [0.05, 0.1) is 5.54 Å². The van der Waals surface area contributed by atoms with Gasteiger partial charge in [-0.15, -0.1) is 0 Å². The number of hydrogen-bond acceptors (Lipinski definition) is 1. The van der Waals surface area contributed by atoms with Crippen molar-refractivity contribution in [3.63, 3.8) is 0 Å². The minimum atomic E-state index is -0.0803. The lowest BCUT2D eigenvalue weighted by atomic mass is 9.88.